The summed E-state index contributed by atoms with van der Waals surface area (Å²) in [7, 11) is 0. The van der Waals surface area contributed by atoms with Gasteiger partial charge in [-0.05, 0) is 62.1 Å². The molecule has 2 aliphatic rings. The summed E-state index contributed by atoms with van der Waals surface area (Å²) in [6.45, 7) is 8.59. The summed E-state index contributed by atoms with van der Waals surface area (Å²) in [5.74, 6) is 1.30. The lowest BCUT2D eigenvalue weighted by atomic mass is 10.1. The van der Waals surface area contributed by atoms with Crippen LogP contribution in [0.3, 0.4) is 0 Å². The lowest BCUT2D eigenvalue weighted by Crippen LogP contribution is -2.49. The summed E-state index contributed by atoms with van der Waals surface area (Å²) in [5, 5.41) is 0. The third-order valence-electron chi connectivity index (χ3n) is 6.63. The second kappa shape index (κ2) is 7.78. The van der Waals surface area contributed by atoms with Gasteiger partial charge in [0.15, 0.2) is 0 Å². The Morgan fingerprint density at radius 1 is 0.900 bits per heavy atom. The summed E-state index contributed by atoms with van der Waals surface area (Å²) >= 11 is 0. The van der Waals surface area contributed by atoms with E-state index in [4.69, 9.17) is 4.98 Å². The maximum atomic E-state index is 13.2. The van der Waals surface area contributed by atoms with Crippen LogP contribution in [0.15, 0.2) is 36.4 Å². The molecule has 3 heterocycles. The fourth-order valence-electron chi connectivity index (χ4n) is 4.88. The Morgan fingerprint density at radius 3 is 2.57 bits per heavy atom. The molecule has 1 saturated heterocycles. The van der Waals surface area contributed by atoms with Crippen molar-refractivity contribution in [1.82, 2.24) is 14.5 Å². The number of piperazine rings is 1. The molecule has 0 aliphatic carbocycles. The molecule has 1 fully saturated rings. The summed E-state index contributed by atoms with van der Waals surface area (Å²) in [5.41, 5.74) is 6.76. The lowest BCUT2D eigenvalue weighted by Gasteiger charge is -2.37. The number of nitrogens with zero attached hydrogens (tertiary/aromatic N) is 4. The topological polar surface area (TPSA) is 41.4 Å². The van der Waals surface area contributed by atoms with Crippen LogP contribution >= 0.6 is 0 Å². The normalized spacial score (nSPS) is 17.1. The first-order valence-electron chi connectivity index (χ1n) is 11.2. The van der Waals surface area contributed by atoms with Gasteiger partial charge in [-0.15, -0.1) is 0 Å². The van der Waals surface area contributed by atoms with Crippen molar-refractivity contribution in [2.45, 2.75) is 46.1 Å². The van der Waals surface area contributed by atoms with E-state index in [1.807, 2.05) is 17.0 Å². The lowest BCUT2D eigenvalue weighted by molar-refractivity contribution is 0.0747. The van der Waals surface area contributed by atoms with Crippen molar-refractivity contribution in [3.63, 3.8) is 0 Å². The van der Waals surface area contributed by atoms with E-state index in [2.05, 4.69) is 47.6 Å². The van der Waals surface area contributed by atoms with Crippen molar-refractivity contribution >= 4 is 22.6 Å². The molecule has 30 heavy (non-hydrogen) atoms. The number of aryl methyl sites for hydroxylation is 4. The predicted octanol–water partition coefficient (Wildman–Crippen LogP) is 4.34. The Kier molecular flexibility index (Phi) is 4.97. The van der Waals surface area contributed by atoms with Gasteiger partial charge in [0.05, 0.1) is 11.0 Å². The zero-order chi connectivity index (χ0) is 20.7. The van der Waals surface area contributed by atoms with Crippen LogP contribution in [0.2, 0.25) is 0 Å². The highest BCUT2D eigenvalue weighted by Crippen LogP contribution is 2.25. The maximum absolute atomic E-state index is 13.2. The van der Waals surface area contributed by atoms with Crippen molar-refractivity contribution in [3.8, 4) is 0 Å². The molecule has 0 saturated carbocycles. The third kappa shape index (κ3) is 3.47. The van der Waals surface area contributed by atoms with Gasteiger partial charge in [-0.1, -0.05) is 18.6 Å². The SMILES string of the molecule is Cc1ccc(C)c(N2CCN(C(=O)c3ccc4c(c3)nc3n4CCCCC3)CC2)c1. The summed E-state index contributed by atoms with van der Waals surface area (Å²) in [6, 6.07) is 12.7. The summed E-state index contributed by atoms with van der Waals surface area (Å²) in [4.78, 5) is 22.4. The molecule has 5 heteroatoms. The van der Waals surface area contributed by atoms with Crippen molar-refractivity contribution in [3.05, 3.63) is 58.9 Å². The van der Waals surface area contributed by atoms with E-state index in [1.54, 1.807) is 0 Å². The number of rotatable bonds is 2. The first-order valence-corrected chi connectivity index (χ1v) is 11.2. The van der Waals surface area contributed by atoms with Crippen LogP contribution in [0.25, 0.3) is 11.0 Å². The standard InChI is InChI=1S/C25H30N4O/c1-18-7-8-19(2)23(16-18)27-12-14-28(15-13-27)25(30)20-9-10-22-21(17-20)26-24-6-4-3-5-11-29(22)24/h7-10,16-17H,3-6,11-15H2,1-2H3. The van der Waals surface area contributed by atoms with E-state index >= 15 is 0 Å². The van der Waals surface area contributed by atoms with E-state index in [1.165, 1.54) is 47.4 Å². The second-order valence-electron chi connectivity index (χ2n) is 8.76. The molecule has 3 aromatic rings. The molecule has 5 rings (SSSR count). The molecule has 1 aromatic heterocycles. The average Bonchev–Trinajstić information content (AvgIpc) is 2.94. The van der Waals surface area contributed by atoms with Crippen LogP contribution in [0.5, 0.6) is 0 Å². The molecule has 0 N–H and O–H groups in total. The number of amides is 1. The van der Waals surface area contributed by atoms with Crippen LogP contribution in [-0.2, 0) is 13.0 Å². The smallest absolute Gasteiger partial charge is 0.254 e. The predicted molar refractivity (Wildman–Crippen MR) is 121 cm³/mol. The van der Waals surface area contributed by atoms with E-state index < -0.39 is 0 Å². The number of hydrogen-bond donors (Lipinski definition) is 0. The van der Waals surface area contributed by atoms with Gasteiger partial charge in [0.2, 0.25) is 0 Å². The molecule has 1 amide bonds. The van der Waals surface area contributed by atoms with Crippen LogP contribution < -0.4 is 4.90 Å². The monoisotopic (exact) mass is 402 g/mol. The molecule has 0 radical (unpaired) electrons. The van der Waals surface area contributed by atoms with Gasteiger partial charge in [0.25, 0.3) is 5.91 Å². The number of hydrogen-bond acceptors (Lipinski definition) is 3. The Bertz CT molecular complexity index is 1090. The molecule has 5 nitrogen and oxygen atoms in total. The molecule has 2 aromatic carbocycles. The third-order valence-corrected chi connectivity index (χ3v) is 6.63. The first-order chi connectivity index (χ1) is 14.6. The van der Waals surface area contributed by atoms with Gasteiger partial charge < -0.3 is 14.4 Å². The number of carbonyl (C=O) groups excluding carboxylic acids is 1. The Labute approximate surface area is 178 Å². The number of aromatic nitrogens is 2. The number of benzene rings is 2. The second-order valence-corrected chi connectivity index (χ2v) is 8.76. The minimum Gasteiger partial charge on any atom is -0.368 e. The van der Waals surface area contributed by atoms with E-state index in [-0.39, 0.29) is 5.91 Å². The Hall–Kier alpha value is -2.82. The van der Waals surface area contributed by atoms with Gasteiger partial charge in [-0.3, -0.25) is 4.79 Å². The van der Waals surface area contributed by atoms with E-state index in [9.17, 15) is 4.79 Å². The number of fused-ring (bicyclic) bond motifs is 3. The minimum atomic E-state index is 0.126. The van der Waals surface area contributed by atoms with Crippen LogP contribution in [0.4, 0.5) is 5.69 Å². The van der Waals surface area contributed by atoms with Crippen molar-refractivity contribution in [1.29, 1.82) is 0 Å². The fourth-order valence-corrected chi connectivity index (χ4v) is 4.88. The Morgan fingerprint density at radius 2 is 1.73 bits per heavy atom. The maximum Gasteiger partial charge on any atom is 0.254 e. The minimum absolute atomic E-state index is 0.126. The van der Waals surface area contributed by atoms with Gasteiger partial charge in [0.1, 0.15) is 5.82 Å². The van der Waals surface area contributed by atoms with Crippen LogP contribution in [0, 0.1) is 13.8 Å². The van der Waals surface area contributed by atoms with Gasteiger partial charge >= 0.3 is 0 Å². The first kappa shape index (κ1) is 19.2. The molecule has 0 atom stereocenters. The number of anilines is 1. The zero-order valence-electron chi connectivity index (χ0n) is 18.0. The average molecular weight is 403 g/mol. The fraction of sp³-hybridized carbons (Fsp3) is 0.440. The molecular weight excluding hydrogens is 372 g/mol. The van der Waals surface area contributed by atoms with E-state index in [0.29, 0.717) is 0 Å². The van der Waals surface area contributed by atoms with Crippen LogP contribution in [0.1, 0.15) is 46.6 Å². The molecule has 0 unspecified atom stereocenters. The van der Waals surface area contributed by atoms with Crippen molar-refractivity contribution in [2.24, 2.45) is 0 Å². The van der Waals surface area contributed by atoms with Gasteiger partial charge in [0, 0.05) is 50.4 Å². The van der Waals surface area contributed by atoms with Crippen LogP contribution in [-0.4, -0.2) is 46.5 Å². The van der Waals surface area contributed by atoms with Crippen molar-refractivity contribution < 1.29 is 4.79 Å². The largest absolute Gasteiger partial charge is 0.368 e. The molecule has 156 valence electrons. The highest BCUT2D eigenvalue weighted by molar-refractivity contribution is 5.97. The quantitative estimate of drug-likeness (QED) is 0.640. The highest BCUT2D eigenvalue weighted by atomic mass is 16.2. The molecular formula is C25H30N4O. The summed E-state index contributed by atoms with van der Waals surface area (Å²) in [6.07, 6.45) is 4.73. The van der Waals surface area contributed by atoms with E-state index in [0.717, 1.165) is 50.2 Å². The number of imidazole rings is 1. The van der Waals surface area contributed by atoms with Crippen molar-refractivity contribution in [2.75, 3.05) is 31.1 Å². The van der Waals surface area contributed by atoms with Gasteiger partial charge in [-0.25, -0.2) is 4.98 Å². The van der Waals surface area contributed by atoms with Gasteiger partial charge in [-0.2, -0.15) is 0 Å². The highest BCUT2D eigenvalue weighted by Gasteiger charge is 2.24. The molecule has 0 spiro atoms. The number of carbonyl (C=O) groups is 1. The molecule has 0 bridgehead atoms. The molecule has 2 aliphatic heterocycles. The Balaban J connectivity index is 1.32. The zero-order valence-corrected chi connectivity index (χ0v) is 18.0. The summed E-state index contributed by atoms with van der Waals surface area (Å²) < 4.78 is 2.35.